The van der Waals surface area contributed by atoms with Gasteiger partial charge in [-0.2, -0.15) is 0 Å². The van der Waals surface area contributed by atoms with E-state index in [0.717, 1.165) is 19.5 Å². The zero-order valence-corrected chi connectivity index (χ0v) is 8.34. The first-order chi connectivity index (χ1) is 6.03. The molecule has 2 N–H and O–H groups in total. The first-order valence-corrected chi connectivity index (χ1v) is 4.69. The van der Waals surface area contributed by atoms with E-state index in [4.69, 9.17) is 0 Å². The Morgan fingerprint density at radius 2 is 2.38 bits per heavy atom. The van der Waals surface area contributed by atoms with Crippen LogP contribution in [0.2, 0.25) is 0 Å². The third-order valence-corrected chi connectivity index (χ3v) is 2.46. The molecule has 4 nitrogen and oxygen atoms in total. The highest BCUT2D eigenvalue weighted by Crippen LogP contribution is 2.19. The van der Waals surface area contributed by atoms with E-state index >= 15 is 0 Å². The van der Waals surface area contributed by atoms with E-state index in [1.807, 2.05) is 6.92 Å². The van der Waals surface area contributed by atoms with Crippen LogP contribution in [-0.2, 0) is 4.79 Å². The number of hydrogen-bond acceptors (Lipinski definition) is 3. The zero-order chi connectivity index (χ0) is 9.90. The molecule has 1 rings (SSSR count). The Kier molecular flexibility index (Phi) is 3.27. The van der Waals surface area contributed by atoms with Crippen molar-refractivity contribution in [1.29, 1.82) is 0 Å². The van der Waals surface area contributed by atoms with E-state index in [9.17, 15) is 9.90 Å². The minimum Gasteiger partial charge on any atom is -0.389 e. The Labute approximate surface area is 78.9 Å². The smallest absolute Gasteiger partial charge is 0.221 e. The van der Waals surface area contributed by atoms with Gasteiger partial charge in [-0.05, 0) is 13.3 Å². The number of β-amino-alcohol motifs (C(OH)–C–C–N with tert-alkyl or cyclic N) is 1. The van der Waals surface area contributed by atoms with E-state index in [1.54, 1.807) is 7.05 Å². The molecule has 1 amide bonds. The van der Waals surface area contributed by atoms with Gasteiger partial charge in [0.15, 0.2) is 0 Å². The minimum atomic E-state index is -0.553. The fourth-order valence-corrected chi connectivity index (χ4v) is 1.61. The maximum atomic E-state index is 10.9. The van der Waals surface area contributed by atoms with Crippen LogP contribution in [0, 0.1) is 0 Å². The Hall–Kier alpha value is -0.610. The first-order valence-electron chi connectivity index (χ1n) is 4.69. The van der Waals surface area contributed by atoms with Crippen LogP contribution in [0.5, 0.6) is 0 Å². The van der Waals surface area contributed by atoms with Crippen molar-refractivity contribution in [3.8, 4) is 0 Å². The molecular weight excluding hydrogens is 168 g/mol. The van der Waals surface area contributed by atoms with Gasteiger partial charge in [0, 0.05) is 33.1 Å². The number of nitrogens with one attached hydrogen (secondary N) is 1. The van der Waals surface area contributed by atoms with Crippen molar-refractivity contribution in [1.82, 2.24) is 10.2 Å². The first kappa shape index (κ1) is 10.5. The van der Waals surface area contributed by atoms with Crippen LogP contribution >= 0.6 is 0 Å². The Morgan fingerprint density at radius 3 is 2.85 bits per heavy atom. The molecule has 0 spiro atoms. The summed E-state index contributed by atoms with van der Waals surface area (Å²) in [6.07, 6.45) is 1.33. The number of aliphatic hydroxyl groups is 1. The summed E-state index contributed by atoms with van der Waals surface area (Å²) in [6.45, 7) is 4.16. The summed E-state index contributed by atoms with van der Waals surface area (Å²) < 4.78 is 0. The van der Waals surface area contributed by atoms with E-state index < -0.39 is 5.60 Å². The number of amides is 1. The van der Waals surface area contributed by atoms with Crippen molar-refractivity contribution in [2.45, 2.75) is 25.4 Å². The topological polar surface area (TPSA) is 52.6 Å². The molecule has 1 atom stereocenters. The molecule has 1 aliphatic rings. The lowest BCUT2D eigenvalue weighted by Gasteiger charge is -2.18. The van der Waals surface area contributed by atoms with Gasteiger partial charge in [-0.3, -0.25) is 9.69 Å². The molecule has 0 aliphatic carbocycles. The van der Waals surface area contributed by atoms with Crippen LogP contribution in [-0.4, -0.2) is 48.2 Å². The average Bonchev–Trinajstić information content (AvgIpc) is 2.41. The van der Waals surface area contributed by atoms with Gasteiger partial charge < -0.3 is 10.4 Å². The highest BCUT2D eigenvalue weighted by molar-refractivity contribution is 5.75. The summed E-state index contributed by atoms with van der Waals surface area (Å²) in [6, 6.07) is 0. The van der Waals surface area contributed by atoms with E-state index in [0.29, 0.717) is 13.0 Å². The van der Waals surface area contributed by atoms with E-state index in [-0.39, 0.29) is 5.91 Å². The summed E-state index contributed by atoms with van der Waals surface area (Å²) in [5.41, 5.74) is -0.553. The van der Waals surface area contributed by atoms with Crippen molar-refractivity contribution >= 4 is 5.91 Å². The molecule has 0 aromatic rings. The SMILES string of the molecule is CNC(=O)CCN1CCC(C)(O)C1. The predicted molar refractivity (Wildman–Crippen MR) is 50.4 cm³/mol. The number of nitrogens with zero attached hydrogens (tertiary/aromatic N) is 1. The van der Waals surface area contributed by atoms with Crippen molar-refractivity contribution in [2.75, 3.05) is 26.7 Å². The van der Waals surface area contributed by atoms with Gasteiger partial charge in [0.1, 0.15) is 0 Å². The van der Waals surface area contributed by atoms with Crippen molar-refractivity contribution in [3.63, 3.8) is 0 Å². The summed E-state index contributed by atoms with van der Waals surface area (Å²) in [4.78, 5) is 13.0. The quantitative estimate of drug-likeness (QED) is 0.629. The van der Waals surface area contributed by atoms with Crippen LogP contribution in [0.3, 0.4) is 0 Å². The molecule has 0 radical (unpaired) electrons. The van der Waals surface area contributed by atoms with E-state index in [2.05, 4.69) is 10.2 Å². The normalized spacial score (nSPS) is 29.2. The molecule has 0 aromatic carbocycles. The predicted octanol–water partition coefficient (Wildman–Crippen LogP) is -0.421. The number of carbonyl (C=O) groups is 1. The van der Waals surface area contributed by atoms with Crippen LogP contribution in [0.15, 0.2) is 0 Å². The van der Waals surface area contributed by atoms with Gasteiger partial charge in [-0.1, -0.05) is 0 Å². The standard InChI is InChI=1S/C9H18N2O2/c1-9(13)4-6-11(7-9)5-3-8(12)10-2/h13H,3-7H2,1-2H3,(H,10,12). The Morgan fingerprint density at radius 1 is 1.69 bits per heavy atom. The zero-order valence-electron chi connectivity index (χ0n) is 8.34. The molecule has 1 unspecified atom stereocenters. The Bertz CT molecular complexity index is 192. The maximum absolute atomic E-state index is 10.9. The van der Waals surface area contributed by atoms with Gasteiger partial charge in [0.05, 0.1) is 5.60 Å². The highest BCUT2D eigenvalue weighted by atomic mass is 16.3. The molecule has 0 aromatic heterocycles. The van der Waals surface area contributed by atoms with Crippen LogP contribution in [0.4, 0.5) is 0 Å². The maximum Gasteiger partial charge on any atom is 0.221 e. The lowest BCUT2D eigenvalue weighted by atomic mass is 10.1. The molecule has 1 fully saturated rings. The van der Waals surface area contributed by atoms with Gasteiger partial charge in [0.25, 0.3) is 0 Å². The number of hydrogen-bond donors (Lipinski definition) is 2. The van der Waals surface area contributed by atoms with Gasteiger partial charge in [-0.15, -0.1) is 0 Å². The van der Waals surface area contributed by atoms with Gasteiger partial charge >= 0.3 is 0 Å². The van der Waals surface area contributed by atoms with Crippen molar-refractivity contribution in [2.24, 2.45) is 0 Å². The number of likely N-dealkylation sites (tertiary alicyclic amines) is 1. The fourth-order valence-electron chi connectivity index (χ4n) is 1.61. The third kappa shape index (κ3) is 3.32. The lowest BCUT2D eigenvalue weighted by molar-refractivity contribution is -0.120. The van der Waals surface area contributed by atoms with Crippen molar-refractivity contribution in [3.05, 3.63) is 0 Å². The minimum absolute atomic E-state index is 0.0616. The number of rotatable bonds is 3. The third-order valence-electron chi connectivity index (χ3n) is 2.46. The second kappa shape index (κ2) is 4.07. The van der Waals surface area contributed by atoms with E-state index in [1.165, 1.54) is 0 Å². The molecular formula is C9H18N2O2. The number of carbonyl (C=O) groups excluding carboxylic acids is 1. The van der Waals surface area contributed by atoms with Crippen LogP contribution < -0.4 is 5.32 Å². The molecule has 13 heavy (non-hydrogen) atoms. The molecule has 1 saturated heterocycles. The molecule has 1 heterocycles. The van der Waals surface area contributed by atoms with Crippen LogP contribution in [0.1, 0.15) is 19.8 Å². The molecule has 4 heteroatoms. The second-order valence-electron chi connectivity index (χ2n) is 3.95. The average molecular weight is 186 g/mol. The largest absolute Gasteiger partial charge is 0.389 e. The summed E-state index contributed by atoms with van der Waals surface area (Å²) >= 11 is 0. The summed E-state index contributed by atoms with van der Waals surface area (Å²) in [5, 5.41) is 12.2. The van der Waals surface area contributed by atoms with Crippen molar-refractivity contribution < 1.29 is 9.90 Å². The fraction of sp³-hybridized carbons (Fsp3) is 0.889. The van der Waals surface area contributed by atoms with Crippen LogP contribution in [0.25, 0.3) is 0 Å². The molecule has 1 aliphatic heterocycles. The molecule has 76 valence electrons. The monoisotopic (exact) mass is 186 g/mol. The summed E-state index contributed by atoms with van der Waals surface area (Å²) in [5.74, 6) is 0.0616. The van der Waals surface area contributed by atoms with Gasteiger partial charge in [-0.25, -0.2) is 0 Å². The van der Waals surface area contributed by atoms with Gasteiger partial charge in [0.2, 0.25) is 5.91 Å². The Balaban J connectivity index is 2.21. The lowest BCUT2D eigenvalue weighted by Crippen LogP contribution is -2.32. The molecule has 0 saturated carbocycles. The highest BCUT2D eigenvalue weighted by Gasteiger charge is 2.30. The second-order valence-corrected chi connectivity index (χ2v) is 3.95. The summed E-state index contributed by atoms with van der Waals surface area (Å²) in [7, 11) is 1.64. The molecule has 0 bridgehead atoms.